The van der Waals surface area contributed by atoms with Crippen LogP contribution in [0.15, 0.2) is 6.20 Å². The zero-order valence-electron chi connectivity index (χ0n) is 10.6. The summed E-state index contributed by atoms with van der Waals surface area (Å²) >= 11 is 0. The molecule has 0 radical (unpaired) electrons. The van der Waals surface area contributed by atoms with Gasteiger partial charge in [-0.25, -0.2) is 0 Å². The van der Waals surface area contributed by atoms with Crippen LogP contribution in [0, 0.1) is 6.92 Å². The van der Waals surface area contributed by atoms with Crippen LogP contribution in [0.1, 0.15) is 5.69 Å². The van der Waals surface area contributed by atoms with E-state index in [0.717, 1.165) is 13.1 Å². The van der Waals surface area contributed by atoms with E-state index in [4.69, 9.17) is 0 Å². The smallest absolute Gasteiger partial charge is 0.313 e. The van der Waals surface area contributed by atoms with Gasteiger partial charge in [0.15, 0.2) is 0 Å². The van der Waals surface area contributed by atoms with Gasteiger partial charge in [0.25, 0.3) is 0 Å². The van der Waals surface area contributed by atoms with E-state index in [1.54, 1.807) is 29.7 Å². The second-order valence-electron chi connectivity index (χ2n) is 4.30. The van der Waals surface area contributed by atoms with Gasteiger partial charge in [-0.1, -0.05) is 0 Å². The van der Waals surface area contributed by atoms with Crippen LogP contribution in [-0.4, -0.2) is 52.7 Å². The lowest BCUT2D eigenvalue weighted by Gasteiger charge is -2.26. The van der Waals surface area contributed by atoms with Gasteiger partial charge in [0.2, 0.25) is 0 Å². The third-order valence-electron chi connectivity index (χ3n) is 2.86. The molecule has 98 valence electrons. The highest BCUT2D eigenvalue weighted by atomic mass is 16.2. The summed E-state index contributed by atoms with van der Waals surface area (Å²) < 4.78 is 1.60. The van der Waals surface area contributed by atoms with E-state index < -0.39 is 11.8 Å². The number of nitrogens with one attached hydrogen (secondary N) is 2. The largest absolute Gasteiger partial charge is 0.332 e. The Morgan fingerprint density at radius 1 is 1.39 bits per heavy atom. The number of aryl methyl sites for hydroxylation is 2. The first-order chi connectivity index (χ1) is 8.58. The number of amides is 2. The van der Waals surface area contributed by atoms with E-state index in [-0.39, 0.29) is 0 Å². The molecule has 1 saturated heterocycles. The standard InChI is InChI=1S/C11H17N5O2/c1-8-9(7-15(2)14-8)13-10(17)11(18)16-5-3-12-4-6-16/h7,12H,3-6H2,1-2H3,(H,13,17). The number of carbonyl (C=O) groups excluding carboxylic acids is 2. The second kappa shape index (κ2) is 5.18. The Morgan fingerprint density at radius 2 is 2.06 bits per heavy atom. The maximum atomic E-state index is 11.9. The topological polar surface area (TPSA) is 79.3 Å². The quantitative estimate of drug-likeness (QED) is 0.634. The molecule has 2 rings (SSSR count). The molecule has 1 aliphatic heterocycles. The molecule has 1 fully saturated rings. The normalized spacial score (nSPS) is 15.6. The number of hydrogen-bond acceptors (Lipinski definition) is 4. The van der Waals surface area contributed by atoms with E-state index >= 15 is 0 Å². The van der Waals surface area contributed by atoms with Crippen LogP contribution >= 0.6 is 0 Å². The van der Waals surface area contributed by atoms with Crippen molar-refractivity contribution in [3.8, 4) is 0 Å². The minimum absolute atomic E-state index is 0.486. The summed E-state index contributed by atoms with van der Waals surface area (Å²) in [6.07, 6.45) is 1.68. The number of piperazine rings is 1. The van der Waals surface area contributed by atoms with E-state index in [9.17, 15) is 9.59 Å². The number of anilines is 1. The SMILES string of the molecule is Cc1nn(C)cc1NC(=O)C(=O)N1CCNCC1. The first-order valence-corrected chi connectivity index (χ1v) is 5.89. The molecule has 18 heavy (non-hydrogen) atoms. The third kappa shape index (κ3) is 2.67. The van der Waals surface area contributed by atoms with E-state index in [0.29, 0.717) is 24.5 Å². The Balaban J connectivity index is 1.98. The van der Waals surface area contributed by atoms with Gasteiger partial charge in [-0.2, -0.15) is 5.10 Å². The molecule has 7 nitrogen and oxygen atoms in total. The molecule has 1 aromatic heterocycles. The summed E-state index contributed by atoms with van der Waals surface area (Å²) in [6, 6.07) is 0. The average Bonchev–Trinajstić information content (AvgIpc) is 2.68. The monoisotopic (exact) mass is 251 g/mol. The fraction of sp³-hybridized carbons (Fsp3) is 0.545. The predicted molar refractivity (Wildman–Crippen MR) is 66.0 cm³/mol. The molecule has 0 unspecified atom stereocenters. The summed E-state index contributed by atoms with van der Waals surface area (Å²) in [4.78, 5) is 25.2. The lowest BCUT2D eigenvalue weighted by Crippen LogP contribution is -2.49. The Bertz CT molecular complexity index is 462. The molecule has 0 aromatic carbocycles. The summed E-state index contributed by atoms with van der Waals surface area (Å²) in [5, 5.41) is 9.83. The van der Waals surface area contributed by atoms with Gasteiger partial charge in [-0.05, 0) is 6.92 Å². The number of carbonyl (C=O) groups is 2. The highest BCUT2D eigenvalue weighted by molar-refractivity contribution is 6.39. The van der Waals surface area contributed by atoms with Crippen molar-refractivity contribution in [2.24, 2.45) is 7.05 Å². The molecule has 0 bridgehead atoms. The molecule has 0 atom stereocenters. The fourth-order valence-corrected chi connectivity index (χ4v) is 1.91. The second-order valence-corrected chi connectivity index (χ2v) is 4.30. The van der Waals surface area contributed by atoms with Gasteiger partial charge in [-0.15, -0.1) is 0 Å². The predicted octanol–water partition coefficient (Wildman–Crippen LogP) is -0.901. The minimum Gasteiger partial charge on any atom is -0.332 e. The molecule has 0 spiro atoms. The van der Waals surface area contributed by atoms with E-state index in [1.165, 1.54) is 0 Å². The summed E-state index contributed by atoms with van der Waals surface area (Å²) in [6.45, 7) is 4.37. The maximum Gasteiger partial charge on any atom is 0.313 e. The van der Waals surface area contributed by atoms with Crippen molar-refractivity contribution in [3.05, 3.63) is 11.9 Å². The van der Waals surface area contributed by atoms with Crippen LogP contribution in [0.2, 0.25) is 0 Å². The van der Waals surface area contributed by atoms with Crippen molar-refractivity contribution >= 4 is 17.5 Å². The Kier molecular flexibility index (Phi) is 3.61. The number of hydrogen-bond donors (Lipinski definition) is 2. The van der Waals surface area contributed by atoms with Gasteiger partial charge in [-0.3, -0.25) is 14.3 Å². The lowest BCUT2D eigenvalue weighted by molar-refractivity contribution is -0.143. The molecule has 2 N–H and O–H groups in total. The van der Waals surface area contributed by atoms with Crippen LogP contribution < -0.4 is 10.6 Å². The van der Waals surface area contributed by atoms with Crippen LogP contribution in [0.3, 0.4) is 0 Å². The summed E-state index contributed by atoms with van der Waals surface area (Å²) in [5.74, 6) is -1.09. The third-order valence-corrected chi connectivity index (χ3v) is 2.86. The van der Waals surface area contributed by atoms with E-state index in [1.807, 2.05) is 0 Å². The van der Waals surface area contributed by atoms with Crippen molar-refractivity contribution in [2.75, 3.05) is 31.5 Å². The highest BCUT2D eigenvalue weighted by Crippen LogP contribution is 2.11. The van der Waals surface area contributed by atoms with Crippen LogP contribution in [0.4, 0.5) is 5.69 Å². The van der Waals surface area contributed by atoms with Crippen molar-refractivity contribution < 1.29 is 9.59 Å². The molecule has 1 aliphatic rings. The maximum absolute atomic E-state index is 11.9. The van der Waals surface area contributed by atoms with Crippen LogP contribution in [0.5, 0.6) is 0 Å². The Labute approximate surface area is 105 Å². The van der Waals surface area contributed by atoms with Gasteiger partial charge in [0.05, 0.1) is 11.4 Å². The number of rotatable bonds is 1. The minimum atomic E-state index is -0.604. The zero-order valence-corrected chi connectivity index (χ0v) is 10.6. The first-order valence-electron chi connectivity index (χ1n) is 5.89. The van der Waals surface area contributed by atoms with Crippen molar-refractivity contribution in [2.45, 2.75) is 6.92 Å². The molecule has 2 amide bonds. The van der Waals surface area contributed by atoms with Gasteiger partial charge >= 0.3 is 11.8 Å². The molecule has 7 heteroatoms. The van der Waals surface area contributed by atoms with Gasteiger partial charge in [0.1, 0.15) is 0 Å². The van der Waals surface area contributed by atoms with Crippen molar-refractivity contribution in [1.82, 2.24) is 20.0 Å². The first kappa shape index (κ1) is 12.6. The van der Waals surface area contributed by atoms with Crippen molar-refractivity contribution in [1.29, 1.82) is 0 Å². The summed E-state index contributed by atoms with van der Waals surface area (Å²) in [7, 11) is 1.76. The van der Waals surface area contributed by atoms with Gasteiger partial charge in [0, 0.05) is 39.4 Å². The Hall–Kier alpha value is -1.89. The van der Waals surface area contributed by atoms with E-state index in [2.05, 4.69) is 15.7 Å². The molecule has 2 heterocycles. The molecular weight excluding hydrogens is 234 g/mol. The molecule has 0 aliphatic carbocycles. The highest BCUT2D eigenvalue weighted by Gasteiger charge is 2.23. The number of nitrogens with zero attached hydrogens (tertiary/aromatic N) is 3. The number of aromatic nitrogens is 2. The summed E-state index contributed by atoms with van der Waals surface area (Å²) in [5.41, 5.74) is 1.27. The van der Waals surface area contributed by atoms with Crippen molar-refractivity contribution in [3.63, 3.8) is 0 Å². The van der Waals surface area contributed by atoms with Crippen LogP contribution in [0.25, 0.3) is 0 Å². The lowest BCUT2D eigenvalue weighted by atomic mass is 10.3. The zero-order chi connectivity index (χ0) is 13.1. The molecular formula is C11H17N5O2. The average molecular weight is 251 g/mol. The fourth-order valence-electron chi connectivity index (χ4n) is 1.91. The van der Waals surface area contributed by atoms with Crippen LogP contribution in [-0.2, 0) is 16.6 Å². The Morgan fingerprint density at radius 3 is 2.61 bits per heavy atom. The van der Waals surface area contributed by atoms with Gasteiger partial charge < -0.3 is 15.5 Å². The molecule has 0 saturated carbocycles. The molecule has 1 aromatic rings.